The number of anilines is 2. The molecule has 0 atom stereocenters. The number of nitrogens with one attached hydrogen (secondary N) is 1. The van der Waals surface area contributed by atoms with Gasteiger partial charge in [-0.25, -0.2) is 0 Å². The second kappa shape index (κ2) is 6.88. The molecule has 1 heterocycles. The summed E-state index contributed by atoms with van der Waals surface area (Å²) in [5.74, 6) is 0.0287. The zero-order valence-corrected chi connectivity index (χ0v) is 14.6. The number of carbonyl (C=O) groups excluding carboxylic acids is 1. The van der Waals surface area contributed by atoms with Crippen molar-refractivity contribution in [3.63, 3.8) is 0 Å². The standard InChI is InChI=1S/C22H19N3O2/c23-19-7-3-4-8-20(19)24-21(26)16-11-9-15(10-12-16)13-25-14-17-5-1-2-6-18(17)22(25)27/h1-12,14,27H,13,23H2,(H,24,26). The molecule has 0 spiro atoms. The van der Waals surface area contributed by atoms with Gasteiger partial charge in [-0.2, -0.15) is 0 Å². The lowest BCUT2D eigenvalue weighted by Crippen LogP contribution is -2.13. The molecule has 0 saturated heterocycles. The number of carbonyl (C=O) groups is 1. The molecule has 5 nitrogen and oxygen atoms in total. The third-order valence-electron chi connectivity index (χ3n) is 4.55. The normalized spacial score (nSPS) is 10.8. The van der Waals surface area contributed by atoms with E-state index >= 15 is 0 Å². The zero-order chi connectivity index (χ0) is 18.8. The summed E-state index contributed by atoms with van der Waals surface area (Å²) in [4.78, 5) is 12.4. The predicted molar refractivity (Wildman–Crippen MR) is 108 cm³/mol. The lowest BCUT2D eigenvalue weighted by Gasteiger charge is -2.09. The van der Waals surface area contributed by atoms with Crippen molar-refractivity contribution in [2.45, 2.75) is 6.54 Å². The van der Waals surface area contributed by atoms with Crippen LogP contribution in [0, 0.1) is 0 Å². The summed E-state index contributed by atoms with van der Waals surface area (Å²) in [6.07, 6.45) is 1.92. The van der Waals surface area contributed by atoms with Gasteiger partial charge in [0.2, 0.25) is 0 Å². The molecule has 4 aromatic rings. The van der Waals surface area contributed by atoms with Gasteiger partial charge in [0.1, 0.15) is 0 Å². The van der Waals surface area contributed by atoms with E-state index in [0.717, 1.165) is 16.3 Å². The second-order valence-electron chi connectivity index (χ2n) is 6.41. The summed E-state index contributed by atoms with van der Waals surface area (Å²) in [6.45, 7) is 0.522. The van der Waals surface area contributed by atoms with Crippen LogP contribution in [0.15, 0.2) is 79.0 Å². The number of benzene rings is 3. The van der Waals surface area contributed by atoms with Crippen LogP contribution in [0.3, 0.4) is 0 Å². The van der Waals surface area contributed by atoms with Crippen LogP contribution < -0.4 is 11.1 Å². The first-order chi connectivity index (χ1) is 13.1. The smallest absolute Gasteiger partial charge is 0.255 e. The minimum atomic E-state index is -0.214. The van der Waals surface area contributed by atoms with E-state index in [2.05, 4.69) is 5.32 Å². The van der Waals surface area contributed by atoms with Gasteiger partial charge in [0, 0.05) is 22.5 Å². The summed E-state index contributed by atoms with van der Waals surface area (Å²) >= 11 is 0. The van der Waals surface area contributed by atoms with Crippen molar-refractivity contribution in [1.29, 1.82) is 0 Å². The van der Waals surface area contributed by atoms with Crippen LogP contribution in [0.25, 0.3) is 10.8 Å². The van der Waals surface area contributed by atoms with Gasteiger partial charge in [0.25, 0.3) is 5.91 Å². The topological polar surface area (TPSA) is 80.3 Å². The van der Waals surface area contributed by atoms with E-state index < -0.39 is 0 Å². The minimum absolute atomic E-state index is 0.214. The number of hydrogen-bond donors (Lipinski definition) is 3. The Balaban J connectivity index is 1.51. The Kier molecular flexibility index (Phi) is 4.26. The molecular weight excluding hydrogens is 338 g/mol. The summed E-state index contributed by atoms with van der Waals surface area (Å²) in [5.41, 5.74) is 8.51. The SMILES string of the molecule is Nc1ccccc1NC(=O)c1ccc(Cn2cc3ccccc3c2O)cc1. The number of nitrogens with two attached hydrogens (primary N) is 1. The molecule has 4 N–H and O–H groups in total. The molecule has 0 unspecified atom stereocenters. The van der Waals surface area contributed by atoms with Gasteiger partial charge < -0.3 is 20.7 Å². The molecule has 1 aromatic heterocycles. The molecule has 0 saturated carbocycles. The first-order valence-electron chi connectivity index (χ1n) is 8.63. The van der Waals surface area contributed by atoms with E-state index in [-0.39, 0.29) is 11.8 Å². The van der Waals surface area contributed by atoms with Crippen molar-refractivity contribution in [1.82, 2.24) is 4.57 Å². The van der Waals surface area contributed by atoms with E-state index in [9.17, 15) is 9.90 Å². The van der Waals surface area contributed by atoms with Crippen molar-refractivity contribution in [3.05, 3.63) is 90.1 Å². The summed E-state index contributed by atoms with van der Waals surface area (Å²) in [5, 5.41) is 15.0. The van der Waals surface area contributed by atoms with Gasteiger partial charge in [0.15, 0.2) is 5.88 Å². The molecule has 4 rings (SSSR count). The number of aromatic hydroxyl groups is 1. The maximum absolute atomic E-state index is 12.4. The largest absolute Gasteiger partial charge is 0.494 e. The van der Waals surface area contributed by atoms with Crippen LogP contribution in [0.2, 0.25) is 0 Å². The highest BCUT2D eigenvalue weighted by atomic mass is 16.3. The van der Waals surface area contributed by atoms with E-state index in [1.807, 2.05) is 54.7 Å². The number of amides is 1. The highest BCUT2D eigenvalue weighted by Crippen LogP contribution is 2.27. The summed E-state index contributed by atoms with van der Waals surface area (Å²) in [7, 11) is 0. The van der Waals surface area contributed by atoms with Gasteiger partial charge in [-0.3, -0.25) is 4.79 Å². The van der Waals surface area contributed by atoms with Crippen molar-refractivity contribution < 1.29 is 9.90 Å². The van der Waals surface area contributed by atoms with E-state index in [1.165, 1.54) is 0 Å². The number of aromatic nitrogens is 1. The Morgan fingerprint density at radius 3 is 2.41 bits per heavy atom. The molecule has 0 radical (unpaired) electrons. The zero-order valence-electron chi connectivity index (χ0n) is 14.6. The molecule has 134 valence electrons. The lowest BCUT2D eigenvalue weighted by molar-refractivity contribution is 0.102. The molecule has 0 aliphatic rings. The average molecular weight is 357 g/mol. The van der Waals surface area contributed by atoms with Crippen LogP contribution in [-0.2, 0) is 6.54 Å². The Bertz CT molecular complexity index is 1110. The molecule has 27 heavy (non-hydrogen) atoms. The van der Waals surface area contributed by atoms with Crippen molar-refractivity contribution in [3.8, 4) is 5.88 Å². The minimum Gasteiger partial charge on any atom is -0.494 e. The highest BCUT2D eigenvalue weighted by molar-refractivity contribution is 6.05. The molecule has 0 fully saturated rings. The van der Waals surface area contributed by atoms with Crippen LogP contribution in [0.1, 0.15) is 15.9 Å². The predicted octanol–water partition coefficient (Wildman–Crippen LogP) is 4.23. The van der Waals surface area contributed by atoms with Crippen molar-refractivity contribution in [2.24, 2.45) is 0 Å². The van der Waals surface area contributed by atoms with Crippen LogP contribution in [0.5, 0.6) is 5.88 Å². The fourth-order valence-electron chi connectivity index (χ4n) is 3.08. The quantitative estimate of drug-likeness (QED) is 0.478. The lowest BCUT2D eigenvalue weighted by atomic mass is 10.1. The third kappa shape index (κ3) is 3.35. The van der Waals surface area contributed by atoms with Gasteiger partial charge in [-0.05, 0) is 35.9 Å². The van der Waals surface area contributed by atoms with E-state index in [4.69, 9.17) is 5.73 Å². The molecule has 0 aliphatic heterocycles. The Morgan fingerprint density at radius 1 is 0.963 bits per heavy atom. The molecular formula is C22H19N3O2. The number of rotatable bonds is 4. The molecule has 3 aromatic carbocycles. The highest BCUT2D eigenvalue weighted by Gasteiger charge is 2.10. The van der Waals surface area contributed by atoms with Crippen LogP contribution >= 0.6 is 0 Å². The summed E-state index contributed by atoms with van der Waals surface area (Å²) in [6, 6.07) is 22.2. The third-order valence-corrected chi connectivity index (χ3v) is 4.55. The monoisotopic (exact) mass is 357 g/mol. The first-order valence-corrected chi connectivity index (χ1v) is 8.63. The maximum Gasteiger partial charge on any atom is 0.255 e. The Labute approximate surface area is 156 Å². The van der Waals surface area contributed by atoms with Gasteiger partial charge in [-0.1, -0.05) is 42.5 Å². The fraction of sp³-hybridized carbons (Fsp3) is 0.0455. The van der Waals surface area contributed by atoms with Gasteiger partial charge >= 0.3 is 0 Å². The number of fused-ring (bicyclic) bond motifs is 1. The molecule has 0 bridgehead atoms. The van der Waals surface area contributed by atoms with Crippen LogP contribution in [0.4, 0.5) is 11.4 Å². The number of nitrogen functional groups attached to an aromatic ring is 1. The Morgan fingerprint density at radius 2 is 1.67 bits per heavy atom. The average Bonchev–Trinajstić information content (AvgIpc) is 3.00. The van der Waals surface area contributed by atoms with Gasteiger partial charge in [0.05, 0.1) is 17.9 Å². The number of nitrogens with zero attached hydrogens (tertiary/aromatic N) is 1. The summed E-state index contributed by atoms with van der Waals surface area (Å²) < 4.78 is 1.80. The Hall–Kier alpha value is -3.73. The van der Waals surface area contributed by atoms with Crippen LogP contribution in [-0.4, -0.2) is 15.6 Å². The first kappa shape index (κ1) is 16.7. The van der Waals surface area contributed by atoms with Crippen molar-refractivity contribution in [2.75, 3.05) is 11.1 Å². The molecule has 0 aliphatic carbocycles. The molecule has 1 amide bonds. The number of hydrogen-bond acceptors (Lipinski definition) is 3. The fourth-order valence-corrected chi connectivity index (χ4v) is 3.08. The second-order valence-corrected chi connectivity index (χ2v) is 6.41. The molecule has 5 heteroatoms. The van der Waals surface area contributed by atoms with Gasteiger partial charge in [-0.15, -0.1) is 0 Å². The van der Waals surface area contributed by atoms with Crippen molar-refractivity contribution >= 4 is 28.1 Å². The maximum atomic E-state index is 12.4. The number of para-hydroxylation sites is 2. The van der Waals surface area contributed by atoms with E-state index in [1.54, 1.807) is 28.8 Å². The van der Waals surface area contributed by atoms with E-state index in [0.29, 0.717) is 23.5 Å².